The molecule has 1 unspecified atom stereocenters. The van der Waals surface area contributed by atoms with Gasteiger partial charge < -0.3 is 14.8 Å². The van der Waals surface area contributed by atoms with Crippen molar-refractivity contribution < 1.29 is 27.2 Å². The van der Waals surface area contributed by atoms with E-state index in [1.165, 1.54) is 7.11 Å². The smallest absolute Gasteiger partial charge is 0.305 e. The second-order valence-corrected chi connectivity index (χ2v) is 6.95. The zero-order valence-electron chi connectivity index (χ0n) is 16.1. The molecule has 152 valence electrons. The van der Waals surface area contributed by atoms with Crippen LogP contribution in [0.1, 0.15) is 45.1 Å². The topological polar surface area (TPSA) is 94.1 Å². The maximum Gasteiger partial charge on any atom is 0.305 e. The van der Waals surface area contributed by atoms with Crippen molar-refractivity contribution in [2.75, 3.05) is 13.9 Å². The Kier molecular flexibility index (Phi) is 11.4. The first-order valence-electron chi connectivity index (χ1n) is 8.89. The molecule has 0 saturated heterocycles. The van der Waals surface area contributed by atoms with E-state index in [2.05, 4.69) is 35.5 Å². The third kappa shape index (κ3) is 10.7. The monoisotopic (exact) mass is 399 g/mol. The predicted octanol–water partition coefficient (Wildman–Crippen LogP) is 3.57. The van der Waals surface area contributed by atoms with Crippen molar-refractivity contribution in [3.8, 4) is 11.5 Å². The van der Waals surface area contributed by atoms with E-state index in [0.717, 1.165) is 24.8 Å². The number of rotatable bonds is 13. The predicted molar refractivity (Wildman–Crippen MR) is 105 cm³/mol. The highest BCUT2D eigenvalue weighted by atomic mass is 32.2. The van der Waals surface area contributed by atoms with Gasteiger partial charge in [0.2, 0.25) is 12.7 Å². The first-order valence-corrected chi connectivity index (χ1v) is 9.92. The fourth-order valence-corrected chi connectivity index (χ4v) is 2.41. The van der Waals surface area contributed by atoms with Gasteiger partial charge in [-0.15, -0.1) is 0 Å². The minimum atomic E-state index is -2.39. The van der Waals surface area contributed by atoms with Crippen LogP contribution < -0.4 is 14.8 Å². The minimum Gasteiger partial charge on any atom is -0.493 e. The van der Waals surface area contributed by atoms with E-state index in [1.807, 2.05) is 0 Å². The van der Waals surface area contributed by atoms with E-state index in [4.69, 9.17) is 14.0 Å². The molecule has 1 aromatic carbocycles. The van der Waals surface area contributed by atoms with Crippen LogP contribution in [0.5, 0.6) is 11.5 Å². The van der Waals surface area contributed by atoms with Gasteiger partial charge in [-0.05, 0) is 42.9 Å². The molecule has 27 heavy (non-hydrogen) atoms. The molecule has 0 bridgehead atoms. The second kappa shape index (κ2) is 13.3. The summed E-state index contributed by atoms with van der Waals surface area (Å²) in [6, 6.07) is 5.18. The largest absolute Gasteiger partial charge is 0.493 e. The van der Waals surface area contributed by atoms with Gasteiger partial charge in [-0.1, -0.05) is 32.1 Å². The van der Waals surface area contributed by atoms with Crippen LogP contribution >= 0.6 is 0 Å². The summed E-state index contributed by atoms with van der Waals surface area (Å²) in [5, 5.41) is 2.89. The van der Waals surface area contributed by atoms with Gasteiger partial charge in [0.15, 0.2) is 11.5 Å². The number of hydrogen-bond donors (Lipinski definition) is 2. The Hall–Kier alpha value is -1.90. The first kappa shape index (κ1) is 23.1. The molecule has 0 aliphatic rings. The molecular weight excluding hydrogens is 370 g/mol. The fourth-order valence-electron chi connectivity index (χ4n) is 2.28. The van der Waals surface area contributed by atoms with Crippen LogP contribution in [0.4, 0.5) is 0 Å². The third-order valence-electron chi connectivity index (χ3n) is 3.63. The SMILES string of the molecule is COc1cc(CNC(=O)CCCC/C=C/C(C)C)ccc1OCOS(=O)O. The van der Waals surface area contributed by atoms with Gasteiger partial charge in [-0.25, -0.2) is 4.18 Å². The molecule has 0 spiro atoms. The van der Waals surface area contributed by atoms with Gasteiger partial charge in [0.1, 0.15) is 0 Å². The van der Waals surface area contributed by atoms with Gasteiger partial charge >= 0.3 is 11.4 Å². The van der Waals surface area contributed by atoms with Crippen LogP contribution in [0.3, 0.4) is 0 Å². The van der Waals surface area contributed by atoms with Gasteiger partial charge in [0.25, 0.3) is 0 Å². The average molecular weight is 400 g/mol. The summed E-state index contributed by atoms with van der Waals surface area (Å²) in [5.74, 6) is 1.41. The summed E-state index contributed by atoms with van der Waals surface area (Å²) in [5.41, 5.74) is 0.860. The maximum atomic E-state index is 11.9. The number of benzene rings is 1. The standard InChI is InChI=1S/C19H29NO6S/c1-15(2)8-6-4-5-7-9-19(21)20-13-16-10-11-17(18(12-16)24-3)25-14-26-27(22)23/h6,8,10-12,15H,4-5,7,9,13-14H2,1-3H3,(H,20,21)(H,22,23)/b8-6+. The van der Waals surface area contributed by atoms with Crippen molar-refractivity contribution in [3.05, 3.63) is 35.9 Å². The number of carbonyl (C=O) groups is 1. The zero-order chi connectivity index (χ0) is 20.1. The number of unbranched alkanes of at least 4 members (excludes halogenated alkanes) is 2. The number of methoxy groups -OCH3 is 1. The number of ether oxygens (including phenoxy) is 2. The van der Waals surface area contributed by atoms with E-state index < -0.39 is 11.4 Å². The van der Waals surface area contributed by atoms with Crippen molar-refractivity contribution in [2.45, 2.75) is 46.1 Å². The lowest BCUT2D eigenvalue weighted by Crippen LogP contribution is -2.22. The number of amides is 1. The Balaban J connectivity index is 2.36. The number of hydrogen-bond acceptors (Lipinski definition) is 5. The molecule has 1 rings (SSSR count). The van der Waals surface area contributed by atoms with Crippen molar-refractivity contribution in [1.29, 1.82) is 0 Å². The molecule has 0 heterocycles. The molecule has 0 aromatic heterocycles. The van der Waals surface area contributed by atoms with Crippen molar-refractivity contribution in [1.82, 2.24) is 5.32 Å². The van der Waals surface area contributed by atoms with Crippen LogP contribution in [0.2, 0.25) is 0 Å². The quantitative estimate of drug-likeness (QED) is 0.228. The summed E-state index contributed by atoms with van der Waals surface area (Å²) in [7, 11) is 1.49. The minimum absolute atomic E-state index is 0.0148. The normalized spacial score (nSPS) is 12.3. The molecule has 0 fully saturated rings. The highest BCUT2D eigenvalue weighted by Gasteiger charge is 2.08. The van der Waals surface area contributed by atoms with E-state index >= 15 is 0 Å². The van der Waals surface area contributed by atoms with Crippen molar-refractivity contribution in [2.24, 2.45) is 5.92 Å². The van der Waals surface area contributed by atoms with Crippen LogP contribution in [0.25, 0.3) is 0 Å². The van der Waals surface area contributed by atoms with Gasteiger partial charge in [0.05, 0.1) is 7.11 Å². The average Bonchev–Trinajstić information content (AvgIpc) is 2.63. The Labute approximate surface area is 163 Å². The van der Waals surface area contributed by atoms with Crippen LogP contribution in [-0.2, 0) is 26.9 Å². The van der Waals surface area contributed by atoms with E-state index in [-0.39, 0.29) is 12.7 Å². The Morgan fingerprint density at radius 3 is 2.74 bits per heavy atom. The van der Waals surface area contributed by atoms with E-state index in [1.54, 1.807) is 18.2 Å². The lowest BCUT2D eigenvalue weighted by molar-refractivity contribution is -0.121. The first-order chi connectivity index (χ1) is 12.9. The van der Waals surface area contributed by atoms with Crippen molar-refractivity contribution in [3.63, 3.8) is 0 Å². The molecule has 7 nitrogen and oxygen atoms in total. The van der Waals surface area contributed by atoms with Crippen LogP contribution in [0, 0.1) is 5.92 Å². The molecule has 0 aliphatic carbocycles. The summed E-state index contributed by atoms with van der Waals surface area (Å²) in [4.78, 5) is 11.9. The van der Waals surface area contributed by atoms with E-state index in [0.29, 0.717) is 30.4 Å². The number of nitrogens with one attached hydrogen (secondary N) is 1. The highest BCUT2D eigenvalue weighted by Crippen LogP contribution is 2.28. The molecule has 0 radical (unpaired) electrons. The summed E-state index contributed by atoms with van der Waals surface area (Å²) in [6.07, 6.45) is 7.70. The highest BCUT2D eigenvalue weighted by molar-refractivity contribution is 7.74. The zero-order valence-corrected chi connectivity index (χ0v) is 16.9. The summed E-state index contributed by atoms with van der Waals surface area (Å²) < 4.78 is 33.9. The van der Waals surface area contributed by atoms with Crippen LogP contribution in [0.15, 0.2) is 30.4 Å². The Morgan fingerprint density at radius 2 is 2.07 bits per heavy atom. The number of carbonyl (C=O) groups excluding carboxylic acids is 1. The number of allylic oxidation sites excluding steroid dienone is 2. The fraction of sp³-hybridized carbons (Fsp3) is 0.526. The Morgan fingerprint density at radius 1 is 1.30 bits per heavy atom. The molecule has 2 N–H and O–H groups in total. The summed E-state index contributed by atoms with van der Waals surface area (Å²) >= 11 is -2.39. The second-order valence-electron chi connectivity index (χ2n) is 6.28. The Bertz CT molecular complexity index is 633. The summed E-state index contributed by atoms with van der Waals surface area (Å²) in [6.45, 7) is 4.30. The van der Waals surface area contributed by atoms with Gasteiger partial charge in [-0.3, -0.25) is 9.35 Å². The molecule has 0 saturated carbocycles. The molecular formula is C19H29NO6S. The lowest BCUT2D eigenvalue weighted by atomic mass is 10.1. The molecule has 1 atom stereocenters. The van der Waals surface area contributed by atoms with Gasteiger partial charge in [-0.2, -0.15) is 4.21 Å². The third-order valence-corrected chi connectivity index (χ3v) is 3.92. The van der Waals surface area contributed by atoms with E-state index in [9.17, 15) is 9.00 Å². The molecule has 0 aliphatic heterocycles. The maximum absolute atomic E-state index is 11.9. The van der Waals surface area contributed by atoms with Gasteiger partial charge in [0, 0.05) is 13.0 Å². The molecule has 1 amide bonds. The van der Waals surface area contributed by atoms with Crippen molar-refractivity contribution >= 4 is 17.3 Å². The lowest BCUT2D eigenvalue weighted by Gasteiger charge is -2.12. The molecule has 8 heteroatoms. The van der Waals surface area contributed by atoms with Crippen LogP contribution in [-0.4, -0.2) is 28.6 Å². The molecule has 1 aromatic rings.